The van der Waals surface area contributed by atoms with E-state index in [1.165, 1.54) is 19.2 Å². The van der Waals surface area contributed by atoms with Crippen molar-refractivity contribution in [2.75, 3.05) is 19.0 Å². The topological polar surface area (TPSA) is 109 Å². The second kappa shape index (κ2) is 12.1. The number of carbonyl (C=O) groups is 3. The van der Waals surface area contributed by atoms with Crippen LogP contribution in [-0.2, 0) is 32.1 Å². The van der Waals surface area contributed by atoms with Crippen molar-refractivity contribution in [3.63, 3.8) is 0 Å². The van der Waals surface area contributed by atoms with Gasteiger partial charge in [0.25, 0.3) is 0 Å². The Morgan fingerprint density at radius 1 is 1.06 bits per heavy atom. The standard InChI is InChI=1S/C23H24FN3O5/c1-3-20(22(29)31-13-12-25)27(2)23(30)32-15-17-6-10-19(11-7-17)26-21(28)14-16-4-8-18(24)9-5-16/h4-11,20H,3,13-15H2,1-2H3,(H,26,28)/t20-/m1/s1. The van der Waals surface area contributed by atoms with Gasteiger partial charge >= 0.3 is 12.1 Å². The summed E-state index contributed by atoms with van der Waals surface area (Å²) >= 11 is 0. The summed E-state index contributed by atoms with van der Waals surface area (Å²) in [7, 11) is 1.42. The number of benzene rings is 2. The van der Waals surface area contributed by atoms with E-state index in [1.807, 2.05) is 0 Å². The molecule has 1 N–H and O–H groups in total. The molecule has 2 rings (SSSR count). The number of hydrogen-bond donors (Lipinski definition) is 1. The van der Waals surface area contributed by atoms with Gasteiger partial charge in [-0.3, -0.25) is 9.69 Å². The van der Waals surface area contributed by atoms with Crippen LogP contribution in [0.2, 0.25) is 0 Å². The van der Waals surface area contributed by atoms with Gasteiger partial charge < -0.3 is 14.8 Å². The van der Waals surface area contributed by atoms with Crippen LogP contribution in [0.4, 0.5) is 14.9 Å². The summed E-state index contributed by atoms with van der Waals surface area (Å²) in [6.45, 7) is 1.30. The minimum atomic E-state index is -0.852. The number of ether oxygens (including phenoxy) is 2. The number of esters is 1. The van der Waals surface area contributed by atoms with Crippen LogP contribution in [0, 0.1) is 17.1 Å². The summed E-state index contributed by atoms with van der Waals surface area (Å²) < 4.78 is 22.9. The van der Waals surface area contributed by atoms with Gasteiger partial charge in [-0.15, -0.1) is 0 Å². The predicted molar refractivity (Wildman–Crippen MR) is 114 cm³/mol. The Hall–Kier alpha value is -3.93. The SMILES string of the molecule is CC[C@H](C(=O)OCC#N)N(C)C(=O)OCc1ccc(NC(=O)Cc2ccc(F)cc2)cc1. The van der Waals surface area contributed by atoms with Crippen molar-refractivity contribution in [3.8, 4) is 6.07 Å². The quantitative estimate of drug-likeness (QED) is 0.598. The minimum Gasteiger partial charge on any atom is -0.449 e. The van der Waals surface area contributed by atoms with E-state index < -0.39 is 18.1 Å². The van der Waals surface area contributed by atoms with Crippen LogP contribution < -0.4 is 5.32 Å². The van der Waals surface area contributed by atoms with E-state index in [-0.39, 0.29) is 31.4 Å². The van der Waals surface area contributed by atoms with Crippen molar-refractivity contribution in [3.05, 3.63) is 65.5 Å². The van der Waals surface area contributed by atoms with Gasteiger partial charge in [-0.05, 0) is 41.8 Å². The zero-order valence-corrected chi connectivity index (χ0v) is 17.8. The van der Waals surface area contributed by atoms with E-state index >= 15 is 0 Å². The molecule has 2 aromatic rings. The van der Waals surface area contributed by atoms with Gasteiger partial charge in [0.15, 0.2) is 6.61 Å². The molecule has 0 bridgehead atoms. The lowest BCUT2D eigenvalue weighted by Crippen LogP contribution is -2.43. The number of anilines is 1. The molecule has 0 heterocycles. The van der Waals surface area contributed by atoms with Crippen molar-refractivity contribution in [2.45, 2.75) is 32.4 Å². The van der Waals surface area contributed by atoms with Gasteiger partial charge in [0, 0.05) is 12.7 Å². The van der Waals surface area contributed by atoms with Crippen LogP contribution in [0.15, 0.2) is 48.5 Å². The lowest BCUT2D eigenvalue weighted by Gasteiger charge is -2.24. The Balaban J connectivity index is 1.84. The highest BCUT2D eigenvalue weighted by Gasteiger charge is 2.27. The molecule has 0 aliphatic rings. The number of nitriles is 1. The maximum absolute atomic E-state index is 12.9. The first-order valence-corrected chi connectivity index (χ1v) is 9.90. The maximum Gasteiger partial charge on any atom is 0.410 e. The molecular weight excluding hydrogens is 417 g/mol. The summed E-state index contributed by atoms with van der Waals surface area (Å²) in [5, 5.41) is 11.2. The van der Waals surface area contributed by atoms with Crippen molar-refractivity contribution in [2.24, 2.45) is 0 Å². The van der Waals surface area contributed by atoms with Gasteiger partial charge in [-0.2, -0.15) is 5.26 Å². The number of nitrogens with zero attached hydrogens (tertiary/aromatic N) is 2. The zero-order valence-electron chi connectivity index (χ0n) is 17.8. The molecule has 32 heavy (non-hydrogen) atoms. The van der Waals surface area contributed by atoms with E-state index in [9.17, 15) is 18.8 Å². The molecule has 168 valence electrons. The average Bonchev–Trinajstić information content (AvgIpc) is 2.78. The molecule has 0 unspecified atom stereocenters. The monoisotopic (exact) mass is 441 g/mol. The molecule has 0 saturated carbocycles. The predicted octanol–water partition coefficient (Wildman–Crippen LogP) is 3.42. The van der Waals surface area contributed by atoms with E-state index in [2.05, 4.69) is 5.32 Å². The fourth-order valence-corrected chi connectivity index (χ4v) is 2.85. The molecule has 0 radical (unpaired) electrons. The molecule has 9 heteroatoms. The summed E-state index contributed by atoms with van der Waals surface area (Å²) in [5.74, 6) is -1.28. The number of carbonyl (C=O) groups excluding carboxylic acids is 3. The highest BCUT2D eigenvalue weighted by atomic mass is 19.1. The molecular formula is C23H24FN3O5. The van der Waals surface area contributed by atoms with Gasteiger partial charge in [-0.1, -0.05) is 31.2 Å². The van der Waals surface area contributed by atoms with Gasteiger partial charge in [-0.25, -0.2) is 14.0 Å². The fourth-order valence-electron chi connectivity index (χ4n) is 2.85. The molecule has 0 spiro atoms. The number of nitrogens with one attached hydrogen (secondary N) is 1. The third-order valence-corrected chi connectivity index (χ3v) is 4.57. The van der Waals surface area contributed by atoms with Crippen LogP contribution in [0.5, 0.6) is 0 Å². The smallest absolute Gasteiger partial charge is 0.410 e. The molecule has 1 atom stereocenters. The van der Waals surface area contributed by atoms with Crippen molar-refractivity contribution in [1.82, 2.24) is 4.90 Å². The summed E-state index contributed by atoms with van der Waals surface area (Å²) in [6, 6.07) is 13.3. The fraction of sp³-hybridized carbons (Fsp3) is 0.304. The lowest BCUT2D eigenvalue weighted by atomic mass is 10.1. The average molecular weight is 441 g/mol. The Morgan fingerprint density at radius 2 is 1.69 bits per heavy atom. The molecule has 0 aromatic heterocycles. The van der Waals surface area contributed by atoms with E-state index in [1.54, 1.807) is 49.4 Å². The molecule has 2 aromatic carbocycles. The number of hydrogen-bond acceptors (Lipinski definition) is 6. The first-order valence-electron chi connectivity index (χ1n) is 9.90. The lowest BCUT2D eigenvalue weighted by molar-refractivity contribution is -0.147. The minimum absolute atomic E-state index is 0.0311. The molecule has 0 saturated heterocycles. The molecule has 8 nitrogen and oxygen atoms in total. The molecule has 2 amide bonds. The Labute approximate surface area is 185 Å². The highest BCUT2D eigenvalue weighted by Crippen LogP contribution is 2.13. The maximum atomic E-state index is 12.9. The van der Waals surface area contributed by atoms with Crippen molar-refractivity contribution in [1.29, 1.82) is 5.26 Å². The molecule has 0 aliphatic carbocycles. The second-order valence-corrected chi connectivity index (χ2v) is 6.90. The number of likely N-dealkylation sites (N-methyl/N-ethyl adjacent to an activating group) is 1. The zero-order chi connectivity index (χ0) is 23.5. The Kier molecular flexibility index (Phi) is 9.17. The Morgan fingerprint density at radius 3 is 2.28 bits per heavy atom. The van der Waals surface area contributed by atoms with Gasteiger partial charge in [0.05, 0.1) is 6.42 Å². The first-order chi connectivity index (χ1) is 15.3. The second-order valence-electron chi connectivity index (χ2n) is 6.90. The van der Waals surface area contributed by atoms with Crippen molar-refractivity contribution >= 4 is 23.7 Å². The van der Waals surface area contributed by atoms with Crippen molar-refractivity contribution < 1.29 is 28.2 Å². The highest BCUT2D eigenvalue weighted by molar-refractivity contribution is 5.92. The summed E-state index contributed by atoms with van der Waals surface area (Å²) in [6.07, 6.45) is -0.286. The van der Waals surface area contributed by atoms with Crippen LogP contribution in [-0.4, -0.2) is 42.6 Å². The third-order valence-electron chi connectivity index (χ3n) is 4.57. The van der Waals surface area contributed by atoms with Gasteiger partial charge in [0.2, 0.25) is 5.91 Å². The van der Waals surface area contributed by atoms with E-state index in [0.717, 1.165) is 4.90 Å². The number of amides is 2. The van der Waals surface area contributed by atoms with Crippen LogP contribution in [0.1, 0.15) is 24.5 Å². The largest absolute Gasteiger partial charge is 0.449 e. The van der Waals surface area contributed by atoms with Crippen LogP contribution in [0.3, 0.4) is 0 Å². The number of rotatable bonds is 9. The van der Waals surface area contributed by atoms with Gasteiger partial charge in [0.1, 0.15) is 24.5 Å². The van der Waals surface area contributed by atoms with Crippen LogP contribution >= 0.6 is 0 Å². The third kappa shape index (κ3) is 7.40. The summed E-state index contributed by atoms with van der Waals surface area (Å²) in [4.78, 5) is 37.4. The summed E-state index contributed by atoms with van der Waals surface area (Å²) in [5.41, 5.74) is 1.94. The van der Waals surface area contributed by atoms with E-state index in [0.29, 0.717) is 23.2 Å². The molecule has 0 aliphatic heterocycles. The Bertz CT molecular complexity index is 971. The number of halogens is 1. The normalized spacial score (nSPS) is 11.1. The van der Waals surface area contributed by atoms with E-state index in [4.69, 9.17) is 14.7 Å². The molecule has 0 fully saturated rings. The van der Waals surface area contributed by atoms with Crippen LogP contribution in [0.25, 0.3) is 0 Å². The first kappa shape index (κ1) is 24.3.